The van der Waals surface area contributed by atoms with Gasteiger partial charge in [-0.25, -0.2) is 0 Å². The Kier molecular flexibility index (Phi) is 2.23. The third-order valence-electron chi connectivity index (χ3n) is 3.45. The second-order valence-electron chi connectivity index (χ2n) is 4.74. The van der Waals surface area contributed by atoms with Crippen LogP contribution in [0.25, 0.3) is 17.0 Å². The number of rotatable bonds is 1. The van der Waals surface area contributed by atoms with Crippen LogP contribution in [0.15, 0.2) is 52.7 Å². The molecule has 96 valence electrons. The van der Waals surface area contributed by atoms with Gasteiger partial charge in [0.2, 0.25) is 0 Å². The van der Waals surface area contributed by atoms with Gasteiger partial charge in [0.1, 0.15) is 0 Å². The van der Waals surface area contributed by atoms with Gasteiger partial charge in [-0.3, -0.25) is 0 Å². The monoisotopic (exact) mass is 261 g/mol. The van der Waals surface area contributed by atoms with E-state index in [1.807, 2.05) is 48.5 Å². The lowest BCUT2D eigenvalue weighted by Gasteiger charge is -1.94. The summed E-state index contributed by atoms with van der Waals surface area (Å²) in [5.41, 5.74) is 2.72. The molecule has 3 aromatic rings. The highest BCUT2D eigenvalue weighted by Gasteiger charge is 2.07. The molecule has 0 spiro atoms. The number of hydrogen-bond acceptors (Lipinski definition) is 3. The number of aromatic hydroxyl groups is 1. The molecule has 2 N–H and O–H groups in total. The zero-order valence-electron chi connectivity index (χ0n) is 10.5. The van der Waals surface area contributed by atoms with E-state index in [1.54, 1.807) is 6.21 Å². The van der Waals surface area contributed by atoms with Gasteiger partial charge < -0.3 is 10.1 Å². The van der Waals surface area contributed by atoms with Gasteiger partial charge in [0.15, 0.2) is 5.88 Å². The average molecular weight is 261 g/mol. The van der Waals surface area contributed by atoms with Crippen LogP contribution in [0.5, 0.6) is 5.88 Å². The minimum Gasteiger partial charge on any atom is -0.494 e. The number of aromatic amines is 1. The molecule has 0 amide bonds. The predicted octanol–water partition coefficient (Wildman–Crippen LogP) is 1.67. The van der Waals surface area contributed by atoms with Gasteiger partial charge in [0, 0.05) is 22.0 Å². The maximum absolute atomic E-state index is 10.1. The van der Waals surface area contributed by atoms with E-state index in [-0.39, 0.29) is 5.88 Å². The summed E-state index contributed by atoms with van der Waals surface area (Å²) in [5.74, 6) is 0.185. The Hall–Kier alpha value is -2.88. The molecule has 0 saturated carbocycles. The fraction of sp³-hybridized carbons (Fsp3) is 0. The number of benzene rings is 2. The fourth-order valence-electron chi connectivity index (χ4n) is 2.47. The summed E-state index contributed by atoms with van der Waals surface area (Å²) in [6.45, 7) is 0. The van der Waals surface area contributed by atoms with E-state index in [4.69, 9.17) is 0 Å². The summed E-state index contributed by atoms with van der Waals surface area (Å²) in [4.78, 5) is 2.98. The van der Waals surface area contributed by atoms with Crippen LogP contribution < -0.4 is 10.6 Å². The smallest absolute Gasteiger partial charge is 0.196 e. The Labute approximate surface area is 114 Å². The van der Waals surface area contributed by atoms with E-state index in [2.05, 4.69) is 15.2 Å². The molecule has 4 nitrogen and oxygen atoms in total. The van der Waals surface area contributed by atoms with Crippen LogP contribution in [0.4, 0.5) is 0 Å². The van der Waals surface area contributed by atoms with E-state index < -0.39 is 0 Å². The molecule has 2 heterocycles. The highest BCUT2D eigenvalue weighted by molar-refractivity contribution is 5.91. The third-order valence-corrected chi connectivity index (χ3v) is 3.45. The molecule has 4 heteroatoms. The lowest BCUT2D eigenvalue weighted by atomic mass is 10.1. The molecule has 0 radical (unpaired) electrons. The Morgan fingerprint density at radius 2 is 2.00 bits per heavy atom. The average Bonchev–Trinajstić information content (AvgIpc) is 3.04. The topological polar surface area (TPSA) is 60.7 Å². The van der Waals surface area contributed by atoms with Crippen molar-refractivity contribution >= 4 is 23.2 Å². The van der Waals surface area contributed by atoms with E-state index >= 15 is 0 Å². The Morgan fingerprint density at radius 1 is 1.10 bits per heavy atom. The van der Waals surface area contributed by atoms with Crippen LogP contribution in [0.1, 0.15) is 11.1 Å². The largest absolute Gasteiger partial charge is 0.494 e. The maximum atomic E-state index is 10.1. The Balaban J connectivity index is 1.97. The van der Waals surface area contributed by atoms with Crippen LogP contribution in [0.2, 0.25) is 0 Å². The highest BCUT2D eigenvalue weighted by Crippen LogP contribution is 2.27. The minimum atomic E-state index is 0.185. The van der Waals surface area contributed by atoms with Gasteiger partial charge in [-0.05, 0) is 29.5 Å². The van der Waals surface area contributed by atoms with Gasteiger partial charge in [-0.15, -0.1) is 0 Å². The van der Waals surface area contributed by atoms with E-state index in [9.17, 15) is 5.11 Å². The third kappa shape index (κ3) is 1.62. The van der Waals surface area contributed by atoms with Crippen LogP contribution >= 0.6 is 0 Å². The minimum absolute atomic E-state index is 0.185. The molecular formula is C16H11N3O. The normalized spacial score (nSPS) is 13.7. The molecule has 0 fully saturated rings. The van der Waals surface area contributed by atoms with Crippen molar-refractivity contribution in [1.82, 2.24) is 4.98 Å². The molecular weight excluding hydrogens is 250 g/mol. The molecule has 0 aliphatic carbocycles. The van der Waals surface area contributed by atoms with Crippen molar-refractivity contribution in [3.05, 3.63) is 64.2 Å². The number of aromatic nitrogens is 1. The summed E-state index contributed by atoms with van der Waals surface area (Å²) in [7, 11) is 0. The fourth-order valence-corrected chi connectivity index (χ4v) is 2.47. The van der Waals surface area contributed by atoms with Gasteiger partial charge >= 0.3 is 0 Å². The number of nitrogens with zero attached hydrogens (tertiary/aromatic N) is 2. The maximum Gasteiger partial charge on any atom is 0.196 e. The summed E-state index contributed by atoms with van der Waals surface area (Å²) in [6, 6.07) is 13.7. The molecule has 2 aromatic carbocycles. The predicted molar refractivity (Wildman–Crippen MR) is 78.3 cm³/mol. The standard InChI is InChI=1S/C16H11N3O/c20-16-13(12-3-1-2-4-15(12)18-16)8-10-5-6-14-11(7-10)9-17-19-14/h1-9,18,20H. The summed E-state index contributed by atoms with van der Waals surface area (Å²) >= 11 is 0. The molecule has 0 saturated heterocycles. The Morgan fingerprint density at radius 3 is 2.95 bits per heavy atom. The lowest BCUT2D eigenvalue weighted by molar-refractivity contribution is 0.457. The van der Waals surface area contributed by atoms with Crippen LogP contribution in [-0.2, 0) is 0 Å². The zero-order chi connectivity index (χ0) is 13.5. The molecule has 1 aromatic heterocycles. The molecule has 1 aliphatic rings. The van der Waals surface area contributed by atoms with E-state index in [0.29, 0.717) is 0 Å². The van der Waals surface area contributed by atoms with Crippen LogP contribution in [-0.4, -0.2) is 16.3 Å². The number of H-pyrrole nitrogens is 1. The first kappa shape index (κ1) is 11.0. The molecule has 0 unspecified atom stereocenters. The first-order valence-corrected chi connectivity index (χ1v) is 6.34. The summed E-state index contributed by atoms with van der Waals surface area (Å²) < 4.78 is 0. The summed E-state index contributed by atoms with van der Waals surface area (Å²) in [5, 5.41) is 20.8. The van der Waals surface area contributed by atoms with Crippen molar-refractivity contribution in [2.24, 2.45) is 10.2 Å². The van der Waals surface area contributed by atoms with E-state index in [1.165, 1.54) is 0 Å². The highest BCUT2D eigenvalue weighted by atomic mass is 16.3. The SMILES string of the molecule is Oc1[nH]c2ccccc2c1C=c1ccc2c(c1)C=NN=2. The Bertz CT molecular complexity index is 967. The van der Waals surface area contributed by atoms with Crippen molar-refractivity contribution in [3.63, 3.8) is 0 Å². The first-order valence-electron chi connectivity index (χ1n) is 6.34. The van der Waals surface area contributed by atoms with Crippen molar-refractivity contribution in [2.75, 3.05) is 0 Å². The van der Waals surface area contributed by atoms with Crippen molar-refractivity contribution in [3.8, 4) is 5.88 Å². The van der Waals surface area contributed by atoms with Crippen molar-refractivity contribution in [2.45, 2.75) is 0 Å². The number of nitrogens with one attached hydrogen (secondary N) is 1. The molecule has 20 heavy (non-hydrogen) atoms. The summed E-state index contributed by atoms with van der Waals surface area (Å²) in [6.07, 6.45) is 3.70. The van der Waals surface area contributed by atoms with Crippen LogP contribution in [0.3, 0.4) is 0 Å². The zero-order valence-corrected chi connectivity index (χ0v) is 10.5. The second-order valence-corrected chi connectivity index (χ2v) is 4.74. The second kappa shape index (κ2) is 4.06. The first-order chi connectivity index (χ1) is 9.81. The number of fused-ring (bicyclic) bond motifs is 2. The van der Waals surface area contributed by atoms with Crippen LogP contribution in [0, 0.1) is 0 Å². The van der Waals surface area contributed by atoms with Gasteiger partial charge in [-0.1, -0.05) is 24.3 Å². The van der Waals surface area contributed by atoms with E-state index in [0.717, 1.165) is 32.6 Å². The number of hydrogen-bond donors (Lipinski definition) is 2. The van der Waals surface area contributed by atoms with Crippen molar-refractivity contribution in [1.29, 1.82) is 0 Å². The molecule has 4 rings (SSSR count). The van der Waals surface area contributed by atoms with Crippen molar-refractivity contribution < 1.29 is 5.11 Å². The molecule has 0 atom stereocenters. The quantitative estimate of drug-likeness (QED) is 0.687. The lowest BCUT2D eigenvalue weighted by Crippen LogP contribution is -2.11. The van der Waals surface area contributed by atoms with Gasteiger partial charge in [0.25, 0.3) is 0 Å². The van der Waals surface area contributed by atoms with Gasteiger partial charge in [0.05, 0.1) is 11.6 Å². The number of para-hydroxylation sites is 1. The molecule has 1 aliphatic heterocycles. The van der Waals surface area contributed by atoms with Gasteiger partial charge in [-0.2, -0.15) is 10.2 Å². The molecule has 0 bridgehead atoms.